The smallest absolute Gasteiger partial charge is 0.319 e. The van der Waals surface area contributed by atoms with Crippen LogP contribution in [0.15, 0.2) is 30.6 Å². The fourth-order valence-corrected chi connectivity index (χ4v) is 3.19. The highest BCUT2D eigenvalue weighted by molar-refractivity contribution is 7.97. The summed E-state index contributed by atoms with van der Waals surface area (Å²) in [6.07, 6.45) is 5.34. The van der Waals surface area contributed by atoms with Crippen LogP contribution in [0.25, 0.3) is 0 Å². The number of hydrogen-bond acceptors (Lipinski definition) is 4. The molecule has 2 amide bonds. The van der Waals surface area contributed by atoms with Gasteiger partial charge in [0, 0.05) is 17.9 Å². The van der Waals surface area contributed by atoms with Crippen LogP contribution in [0.2, 0.25) is 0 Å². The highest BCUT2D eigenvalue weighted by atomic mass is 32.2. The van der Waals surface area contributed by atoms with E-state index >= 15 is 0 Å². The number of rotatable bonds is 4. The number of anilines is 1. The second-order valence-corrected chi connectivity index (χ2v) is 6.15. The molecule has 1 aromatic heterocycles. The fourth-order valence-electron chi connectivity index (χ4n) is 2.62. The lowest BCUT2D eigenvalue weighted by atomic mass is 10.1. The van der Waals surface area contributed by atoms with Crippen LogP contribution >= 0.6 is 11.8 Å². The van der Waals surface area contributed by atoms with Crippen LogP contribution in [0.1, 0.15) is 17.8 Å². The van der Waals surface area contributed by atoms with E-state index in [0.717, 1.165) is 35.7 Å². The summed E-state index contributed by atoms with van der Waals surface area (Å²) in [5.41, 5.74) is 2.00. The number of aryl methyl sites for hydroxylation is 1. The first kappa shape index (κ1) is 14.9. The van der Waals surface area contributed by atoms with Gasteiger partial charge < -0.3 is 10.6 Å². The minimum atomic E-state index is -0.165. The third-order valence-corrected chi connectivity index (χ3v) is 4.31. The third kappa shape index (κ3) is 3.41. The maximum Gasteiger partial charge on any atom is 0.319 e. The molecule has 1 aliphatic rings. The predicted octanol–water partition coefficient (Wildman–Crippen LogP) is 2.28. The predicted molar refractivity (Wildman–Crippen MR) is 87.9 cm³/mol. The van der Waals surface area contributed by atoms with Gasteiger partial charge in [-0.2, -0.15) is 16.9 Å². The highest BCUT2D eigenvalue weighted by Crippen LogP contribution is 2.19. The van der Waals surface area contributed by atoms with Crippen molar-refractivity contribution in [3.63, 3.8) is 0 Å². The number of carbonyl (C=O) groups excluding carboxylic acids is 1. The molecule has 0 aliphatic carbocycles. The zero-order chi connectivity index (χ0) is 15.4. The summed E-state index contributed by atoms with van der Waals surface area (Å²) in [7, 11) is 0. The van der Waals surface area contributed by atoms with Crippen molar-refractivity contribution in [2.24, 2.45) is 0 Å². The number of urea groups is 1. The number of hydrogen-bond donors (Lipinski definition) is 2. The molecule has 2 N–H and O–H groups in total. The molecule has 0 unspecified atom stereocenters. The molecule has 1 atom stereocenters. The fraction of sp³-hybridized carbons (Fsp3) is 0.400. The van der Waals surface area contributed by atoms with Crippen molar-refractivity contribution < 1.29 is 4.79 Å². The van der Waals surface area contributed by atoms with Crippen LogP contribution in [0.3, 0.4) is 0 Å². The van der Waals surface area contributed by atoms with E-state index in [1.54, 1.807) is 18.1 Å². The van der Waals surface area contributed by atoms with Gasteiger partial charge in [0.1, 0.15) is 12.2 Å². The topological polar surface area (TPSA) is 71.8 Å². The lowest BCUT2D eigenvalue weighted by Crippen LogP contribution is -2.43. The molecule has 2 aromatic rings. The van der Waals surface area contributed by atoms with Crippen LogP contribution in [0, 0.1) is 0 Å². The minimum Gasteiger partial charge on any atom is -0.333 e. The number of nitrogens with one attached hydrogen (secondary N) is 2. The molecule has 3 rings (SSSR count). The van der Waals surface area contributed by atoms with Gasteiger partial charge in [-0.05, 0) is 24.3 Å². The number of carbonyl (C=O) groups is 1. The number of aromatic nitrogens is 3. The number of para-hydroxylation sites is 1. The lowest BCUT2D eigenvalue weighted by Gasteiger charge is -2.24. The van der Waals surface area contributed by atoms with Gasteiger partial charge in [0.05, 0.1) is 12.6 Å². The molecule has 22 heavy (non-hydrogen) atoms. The van der Waals surface area contributed by atoms with Gasteiger partial charge in [-0.25, -0.2) is 14.5 Å². The van der Waals surface area contributed by atoms with Crippen molar-refractivity contribution in [3.8, 4) is 0 Å². The first-order valence-electron chi connectivity index (χ1n) is 7.27. The standard InChI is InChI=1S/C15H19N5OS/c1-22-9-11-4-2-3-5-13(11)19-15(21)18-12-6-7-14-16-10-17-20(14)8-12/h2-5,10,12H,6-9H2,1H3,(H2,18,19,21)/t12-/m1/s1. The van der Waals surface area contributed by atoms with Crippen molar-refractivity contribution in [2.75, 3.05) is 11.6 Å². The average molecular weight is 317 g/mol. The number of amides is 2. The third-order valence-electron chi connectivity index (χ3n) is 3.71. The molecule has 0 spiro atoms. The Bertz CT molecular complexity index is 657. The van der Waals surface area contributed by atoms with Crippen LogP contribution in [-0.4, -0.2) is 33.1 Å². The number of fused-ring (bicyclic) bond motifs is 1. The Morgan fingerprint density at radius 3 is 3.18 bits per heavy atom. The molecule has 1 aliphatic heterocycles. The first-order chi connectivity index (χ1) is 10.8. The maximum absolute atomic E-state index is 12.2. The lowest BCUT2D eigenvalue weighted by molar-refractivity contribution is 0.243. The van der Waals surface area contributed by atoms with E-state index in [1.165, 1.54) is 0 Å². The van der Waals surface area contributed by atoms with Crippen molar-refractivity contribution in [1.82, 2.24) is 20.1 Å². The van der Waals surface area contributed by atoms with E-state index < -0.39 is 0 Å². The minimum absolute atomic E-state index is 0.0851. The summed E-state index contributed by atoms with van der Waals surface area (Å²) in [5.74, 6) is 1.87. The van der Waals surface area contributed by atoms with E-state index in [-0.39, 0.29) is 12.1 Å². The van der Waals surface area contributed by atoms with Crippen molar-refractivity contribution in [1.29, 1.82) is 0 Å². The number of benzene rings is 1. The van der Waals surface area contributed by atoms with Crippen molar-refractivity contribution in [3.05, 3.63) is 42.0 Å². The molecule has 0 radical (unpaired) electrons. The molecule has 0 saturated heterocycles. The molecule has 0 saturated carbocycles. The summed E-state index contributed by atoms with van der Waals surface area (Å²) in [6, 6.07) is 7.81. The SMILES string of the molecule is CSCc1ccccc1NC(=O)N[C@@H]1CCc2ncnn2C1. The molecule has 0 bridgehead atoms. The van der Waals surface area contributed by atoms with E-state index in [0.29, 0.717) is 6.54 Å². The molecule has 2 heterocycles. The Labute approximate surface area is 133 Å². The highest BCUT2D eigenvalue weighted by Gasteiger charge is 2.21. The van der Waals surface area contributed by atoms with E-state index in [1.807, 2.05) is 28.9 Å². The van der Waals surface area contributed by atoms with Crippen molar-refractivity contribution in [2.45, 2.75) is 31.2 Å². The molecular weight excluding hydrogens is 298 g/mol. The van der Waals surface area contributed by atoms with Gasteiger partial charge in [0.2, 0.25) is 0 Å². The Hall–Kier alpha value is -2.02. The van der Waals surface area contributed by atoms with Gasteiger partial charge in [-0.1, -0.05) is 18.2 Å². The maximum atomic E-state index is 12.2. The van der Waals surface area contributed by atoms with Crippen molar-refractivity contribution >= 4 is 23.5 Å². The summed E-state index contributed by atoms with van der Waals surface area (Å²) >= 11 is 1.73. The van der Waals surface area contributed by atoms with Crippen LogP contribution < -0.4 is 10.6 Å². The number of nitrogens with zero attached hydrogens (tertiary/aromatic N) is 3. The van der Waals surface area contributed by atoms with E-state index in [9.17, 15) is 4.79 Å². The summed E-state index contributed by atoms with van der Waals surface area (Å²) in [4.78, 5) is 16.4. The molecule has 116 valence electrons. The summed E-state index contributed by atoms with van der Waals surface area (Å²) < 4.78 is 1.86. The summed E-state index contributed by atoms with van der Waals surface area (Å²) in [5, 5.41) is 10.1. The zero-order valence-corrected chi connectivity index (χ0v) is 13.3. The van der Waals surface area contributed by atoms with Gasteiger partial charge in [0.25, 0.3) is 0 Å². The Balaban J connectivity index is 1.59. The van der Waals surface area contributed by atoms with Crippen LogP contribution in [0.4, 0.5) is 10.5 Å². The first-order valence-corrected chi connectivity index (χ1v) is 8.66. The van der Waals surface area contributed by atoms with Gasteiger partial charge in [-0.3, -0.25) is 0 Å². The molecular formula is C15H19N5OS. The molecule has 6 nitrogen and oxygen atoms in total. The summed E-state index contributed by atoms with van der Waals surface area (Å²) in [6.45, 7) is 0.676. The largest absolute Gasteiger partial charge is 0.333 e. The monoisotopic (exact) mass is 317 g/mol. The molecule has 0 fully saturated rings. The van der Waals surface area contributed by atoms with Crippen LogP contribution in [0.5, 0.6) is 0 Å². The Kier molecular flexibility index (Phi) is 4.62. The van der Waals surface area contributed by atoms with Crippen LogP contribution in [-0.2, 0) is 18.7 Å². The quantitative estimate of drug-likeness (QED) is 0.907. The normalized spacial score (nSPS) is 16.9. The second-order valence-electron chi connectivity index (χ2n) is 5.28. The van der Waals surface area contributed by atoms with Gasteiger partial charge >= 0.3 is 6.03 Å². The van der Waals surface area contributed by atoms with E-state index in [2.05, 4.69) is 27.0 Å². The van der Waals surface area contributed by atoms with Gasteiger partial charge in [-0.15, -0.1) is 0 Å². The zero-order valence-electron chi connectivity index (χ0n) is 12.5. The number of thioether (sulfide) groups is 1. The molecule has 7 heteroatoms. The Morgan fingerprint density at radius 2 is 2.32 bits per heavy atom. The average Bonchev–Trinajstić information content (AvgIpc) is 2.97. The van der Waals surface area contributed by atoms with E-state index in [4.69, 9.17) is 0 Å². The Morgan fingerprint density at radius 1 is 1.45 bits per heavy atom. The second kappa shape index (κ2) is 6.83. The molecule has 1 aromatic carbocycles. The van der Waals surface area contributed by atoms with Gasteiger partial charge in [0.15, 0.2) is 0 Å².